The van der Waals surface area contributed by atoms with E-state index in [0.29, 0.717) is 37.4 Å². The minimum absolute atomic E-state index is 0. The summed E-state index contributed by atoms with van der Waals surface area (Å²) in [5.41, 5.74) is 1.03. The van der Waals surface area contributed by atoms with Crippen molar-refractivity contribution in [2.75, 3.05) is 58.5 Å². The number of methoxy groups -OCH3 is 1. The van der Waals surface area contributed by atoms with Crippen LogP contribution in [-0.2, 0) is 9.47 Å². The predicted molar refractivity (Wildman–Crippen MR) is 119 cm³/mol. The first-order chi connectivity index (χ1) is 12.7. The smallest absolute Gasteiger partial charge is 0.191 e. The molecule has 2 saturated heterocycles. The molecule has 3 rings (SSSR count). The number of ether oxygens (including phenoxy) is 3. The zero-order chi connectivity index (χ0) is 18.4. The number of halogens is 2. The number of guanidine groups is 1. The minimum atomic E-state index is 0. The summed E-state index contributed by atoms with van der Waals surface area (Å²) < 4.78 is 16.5. The van der Waals surface area contributed by atoms with E-state index in [1.807, 2.05) is 18.2 Å². The highest BCUT2D eigenvalue weighted by Gasteiger charge is 2.26. The minimum Gasteiger partial charge on any atom is -0.495 e. The predicted octanol–water partition coefficient (Wildman–Crippen LogP) is 2.13. The van der Waals surface area contributed by atoms with Crippen LogP contribution in [0.2, 0.25) is 5.02 Å². The summed E-state index contributed by atoms with van der Waals surface area (Å²) in [6.45, 7) is 4.42. The van der Waals surface area contributed by atoms with E-state index >= 15 is 0 Å². The second-order valence-corrected chi connectivity index (χ2v) is 6.85. The lowest BCUT2D eigenvalue weighted by atomic mass is 10.2. The van der Waals surface area contributed by atoms with Crippen LogP contribution in [0.25, 0.3) is 0 Å². The van der Waals surface area contributed by atoms with Crippen LogP contribution in [-0.4, -0.2) is 71.7 Å². The molecule has 0 amide bonds. The number of rotatable bonds is 5. The summed E-state index contributed by atoms with van der Waals surface area (Å²) in [6, 6.07) is 6.01. The number of hydrogen-bond donors (Lipinski definition) is 2. The van der Waals surface area contributed by atoms with Crippen LogP contribution >= 0.6 is 35.6 Å². The largest absolute Gasteiger partial charge is 0.495 e. The van der Waals surface area contributed by atoms with E-state index in [0.717, 1.165) is 36.9 Å². The topological polar surface area (TPSA) is 67.4 Å². The standard InChI is InChI=1S/C18H27ClN4O3.HI/c1-20-18(21-10-15-12-25-7-8-26-15)22-14-5-6-23(11-14)16-9-13(19)3-4-17(16)24-2;/h3-4,9,14-15H,5-8,10-12H2,1-2H3,(H2,20,21,22);1H. The fourth-order valence-electron chi connectivity index (χ4n) is 3.26. The second-order valence-electron chi connectivity index (χ2n) is 6.41. The molecule has 2 fully saturated rings. The van der Waals surface area contributed by atoms with Gasteiger partial charge in [-0.25, -0.2) is 0 Å². The van der Waals surface area contributed by atoms with Crippen LogP contribution in [0, 0.1) is 0 Å². The van der Waals surface area contributed by atoms with Gasteiger partial charge in [0.05, 0.1) is 38.7 Å². The van der Waals surface area contributed by atoms with Gasteiger partial charge in [0, 0.05) is 37.7 Å². The molecule has 0 radical (unpaired) electrons. The van der Waals surface area contributed by atoms with E-state index in [2.05, 4.69) is 20.5 Å². The van der Waals surface area contributed by atoms with Gasteiger partial charge in [0.2, 0.25) is 0 Å². The molecule has 1 aromatic carbocycles. The third kappa shape index (κ3) is 6.27. The Kier molecular flexibility index (Phi) is 9.20. The van der Waals surface area contributed by atoms with Crippen molar-refractivity contribution < 1.29 is 14.2 Å². The molecule has 2 unspecified atom stereocenters. The van der Waals surface area contributed by atoms with Gasteiger partial charge in [-0.1, -0.05) is 11.6 Å². The van der Waals surface area contributed by atoms with Crippen molar-refractivity contribution in [3.05, 3.63) is 23.2 Å². The van der Waals surface area contributed by atoms with Crippen LogP contribution < -0.4 is 20.3 Å². The molecule has 9 heteroatoms. The average molecular weight is 511 g/mol. The van der Waals surface area contributed by atoms with Crippen molar-refractivity contribution in [1.29, 1.82) is 0 Å². The van der Waals surface area contributed by atoms with Crippen LogP contribution in [0.15, 0.2) is 23.2 Å². The molecule has 0 spiro atoms. The maximum absolute atomic E-state index is 6.16. The number of hydrogen-bond acceptors (Lipinski definition) is 5. The van der Waals surface area contributed by atoms with Gasteiger partial charge in [0.1, 0.15) is 5.75 Å². The zero-order valence-corrected chi connectivity index (χ0v) is 18.8. The number of benzene rings is 1. The first-order valence-corrected chi connectivity index (χ1v) is 9.32. The Bertz CT molecular complexity index is 629. The highest BCUT2D eigenvalue weighted by molar-refractivity contribution is 14.0. The SMILES string of the molecule is CN=C(NCC1COCCO1)NC1CCN(c2cc(Cl)ccc2OC)C1.I. The summed E-state index contributed by atoms with van der Waals surface area (Å²) in [5.74, 6) is 1.62. The number of nitrogens with zero attached hydrogens (tertiary/aromatic N) is 2. The molecule has 27 heavy (non-hydrogen) atoms. The maximum atomic E-state index is 6.16. The molecule has 7 nitrogen and oxygen atoms in total. The summed E-state index contributed by atoms with van der Waals surface area (Å²) >= 11 is 6.16. The van der Waals surface area contributed by atoms with E-state index in [-0.39, 0.29) is 30.1 Å². The lowest BCUT2D eigenvalue weighted by molar-refractivity contribution is -0.0850. The lowest BCUT2D eigenvalue weighted by Gasteiger charge is -2.25. The van der Waals surface area contributed by atoms with Crippen molar-refractivity contribution in [3.8, 4) is 5.75 Å². The molecule has 1 aromatic rings. The van der Waals surface area contributed by atoms with Gasteiger partial charge in [-0.3, -0.25) is 4.99 Å². The number of nitrogens with one attached hydrogen (secondary N) is 2. The molecule has 2 aliphatic rings. The van der Waals surface area contributed by atoms with E-state index in [1.165, 1.54) is 0 Å². The quantitative estimate of drug-likeness (QED) is 0.359. The van der Waals surface area contributed by atoms with Crippen molar-refractivity contribution >= 4 is 47.2 Å². The normalized spacial score (nSPS) is 22.9. The van der Waals surface area contributed by atoms with Gasteiger partial charge in [0.15, 0.2) is 5.96 Å². The van der Waals surface area contributed by atoms with Crippen LogP contribution in [0.1, 0.15) is 6.42 Å². The highest BCUT2D eigenvalue weighted by Crippen LogP contribution is 2.33. The monoisotopic (exact) mass is 510 g/mol. The molecule has 0 aromatic heterocycles. The Morgan fingerprint density at radius 1 is 1.41 bits per heavy atom. The van der Waals surface area contributed by atoms with Crippen LogP contribution in [0.5, 0.6) is 5.75 Å². The number of aliphatic imine (C=N–C) groups is 1. The van der Waals surface area contributed by atoms with E-state index < -0.39 is 0 Å². The second kappa shape index (κ2) is 11.1. The fraction of sp³-hybridized carbons (Fsp3) is 0.611. The van der Waals surface area contributed by atoms with Gasteiger partial charge < -0.3 is 29.7 Å². The van der Waals surface area contributed by atoms with Gasteiger partial charge in [0.25, 0.3) is 0 Å². The van der Waals surface area contributed by atoms with Crippen molar-refractivity contribution in [3.63, 3.8) is 0 Å². The maximum Gasteiger partial charge on any atom is 0.191 e. The van der Waals surface area contributed by atoms with Gasteiger partial charge in [-0.05, 0) is 24.6 Å². The van der Waals surface area contributed by atoms with Crippen LogP contribution in [0.3, 0.4) is 0 Å². The van der Waals surface area contributed by atoms with Crippen molar-refractivity contribution in [1.82, 2.24) is 10.6 Å². The molecule has 2 atom stereocenters. The summed E-state index contributed by atoms with van der Waals surface area (Å²) in [5, 5.41) is 7.52. The fourth-order valence-corrected chi connectivity index (χ4v) is 3.43. The molecule has 0 saturated carbocycles. The Balaban J connectivity index is 0.00000261. The van der Waals surface area contributed by atoms with E-state index in [1.54, 1.807) is 14.2 Å². The first-order valence-electron chi connectivity index (χ1n) is 8.94. The summed E-state index contributed by atoms with van der Waals surface area (Å²) in [4.78, 5) is 6.60. The van der Waals surface area contributed by atoms with Crippen LogP contribution in [0.4, 0.5) is 5.69 Å². The Morgan fingerprint density at radius 2 is 2.26 bits per heavy atom. The Hall–Kier alpha value is -0.970. The van der Waals surface area contributed by atoms with Crippen molar-refractivity contribution in [2.24, 2.45) is 4.99 Å². The zero-order valence-electron chi connectivity index (χ0n) is 15.7. The molecular formula is C18H28ClIN4O3. The molecule has 2 heterocycles. The Morgan fingerprint density at radius 3 is 2.96 bits per heavy atom. The Labute approximate surface area is 182 Å². The molecular weight excluding hydrogens is 483 g/mol. The third-order valence-electron chi connectivity index (χ3n) is 4.62. The van der Waals surface area contributed by atoms with E-state index in [9.17, 15) is 0 Å². The molecule has 2 aliphatic heterocycles. The van der Waals surface area contributed by atoms with Gasteiger partial charge in [-0.2, -0.15) is 0 Å². The first kappa shape index (κ1) is 22.3. The molecule has 0 bridgehead atoms. The lowest BCUT2D eigenvalue weighted by Crippen LogP contribution is -2.48. The third-order valence-corrected chi connectivity index (χ3v) is 4.85. The summed E-state index contributed by atoms with van der Waals surface area (Å²) in [6.07, 6.45) is 1.08. The highest BCUT2D eigenvalue weighted by atomic mass is 127. The van der Waals surface area contributed by atoms with Gasteiger partial charge >= 0.3 is 0 Å². The van der Waals surface area contributed by atoms with Crippen molar-refractivity contribution in [2.45, 2.75) is 18.6 Å². The van der Waals surface area contributed by atoms with Gasteiger partial charge in [-0.15, -0.1) is 24.0 Å². The number of anilines is 1. The molecule has 0 aliphatic carbocycles. The molecule has 2 N–H and O–H groups in total. The average Bonchev–Trinajstić information content (AvgIpc) is 3.14. The van der Waals surface area contributed by atoms with E-state index in [4.69, 9.17) is 25.8 Å². The summed E-state index contributed by atoms with van der Waals surface area (Å²) in [7, 11) is 3.46. The molecule has 152 valence electrons.